The van der Waals surface area contributed by atoms with Gasteiger partial charge in [-0.15, -0.1) is 0 Å². The third kappa shape index (κ3) is 2.08. The predicted octanol–water partition coefficient (Wildman–Crippen LogP) is 1.16. The molecule has 1 N–H and O–H groups in total. The standard InChI is InChI=1S/C14H18N2O2/c1-18-12-4-2-11(3-5-12)8-16-9-14(10-16)7-6-13(17)15-14/h2-5H,6-10H2,1H3,(H,15,17). The third-order valence-electron chi connectivity index (χ3n) is 3.85. The SMILES string of the molecule is COc1ccc(CN2CC3(CCC(=O)N3)C2)cc1. The molecule has 18 heavy (non-hydrogen) atoms. The van der Waals surface area contributed by atoms with Gasteiger partial charge in [0.15, 0.2) is 0 Å². The highest BCUT2D eigenvalue weighted by molar-refractivity contribution is 5.79. The highest BCUT2D eigenvalue weighted by atomic mass is 16.5. The van der Waals surface area contributed by atoms with Gasteiger partial charge in [-0.3, -0.25) is 9.69 Å². The fraction of sp³-hybridized carbons (Fsp3) is 0.500. The zero-order valence-corrected chi connectivity index (χ0v) is 10.6. The van der Waals surface area contributed by atoms with Crippen LogP contribution >= 0.6 is 0 Å². The summed E-state index contributed by atoms with van der Waals surface area (Å²) >= 11 is 0. The van der Waals surface area contributed by atoms with E-state index in [-0.39, 0.29) is 11.4 Å². The number of hydrogen-bond acceptors (Lipinski definition) is 3. The van der Waals surface area contributed by atoms with Crippen molar-refractivity contribution in [1.82, 2.24) is 10.2 Å². The van der Waals surface area contributed by atoms with Crippen LogP contribution in [-0.4, -0.2) is 36.5 Å². The van der Waals surface area contributed by atoms with Crippen LogP contribution < -0.4 is 10.1 Å². The van der Waals surface area contributed by atoms with Crippen molar-refractivity contribution < 1.29 is 9.53 Å². The number of rotatable bonds is 3. The average molecular weight is 246 g/mol. The van der Waals surface area contributed by atoms with E-state index in [1.165, 1.54) is 5.56 Å². The Morgan fingerprint density at radius 3 is 2.61 bits per heavy atom. The number of nitrogens with one attached hydrogen (secondary N) is 1. The van der Waals surface area contributed by atoms with Crippen LogP contribution in [0.25, 0.3) is 0 Å². The first-order valence-electron chi connectivity index (χ1n) is 6.35. The average Bonchev–Trinajstić information content (AvgIpc) is 2.72. The minimum atomic E-state index is 0.0869. The lowest BCUT2D eigenvalue weighted by atomic mass is 9.88. The lowest BCUT2D eigenvalue weighted by Gasteiger charge is -2.48. The Morgan fingerprint density at radius 1 is 1.33 bits per heavy atom. The van der Waals surface area contributed by atoms with Crippen molar-refractivity contribution in [3.63, 3.8) is 0 Å². The molecule has 4 nitrogen and oxygen atoms in total. The minimum absolute atomic E-state index is 0.0869. The second-order valence-electron chi connectivity index (χ2n) is 5.32. The molecule has 0 bridgehead atoms. The van der Waals surface area contributed by atoms with E-state index in [2.05, 4.69) is 22.3 Å². The van der Waals surface area contributed by atoms with Gasteiger partial charge in [-0.2, -0.15) is 0 Å². The molecule has 2 saturated heterocycles. The first kappa shape index (κ1) is 11.5. The van der Waals surface area contributed by atoms with Gasteiger partial charge < -0.3 is 10.1 Å². The molecule has 0 unspecified atom stereocenters. The maximum absolute atomic E-state index is 11.2. The second kappa shape index (κ2) is 4.28. The van der Waals surface area contributed by atoms with Gasteiger partial charge >= 0.3 is 0 Å². The number of methoxy groups -OCH3 is 1. The van der Waals surface area contributed by atoms with E-state index in [9.17, 15) is 4.79 Å². The molecule has 0 radical (unpaired) electrons. The summed E-state index contributed by atoms with van der Waals surface area (Å²) in [5.41, 5.74) is 1.37. The van der Waals surface area contributed by atoms with Gasteiger partial charge in [0.1, 0.15) is 5.75 Å². The highest BCUT2D eigenvalue weighted by Gasteiger charge is 2.47. The number of ether oxygens (including phenoxy) is 1. The van der Waals surface area contributed by atoms with E-state index in [1.54, 1.807) is 7.11 Å². The molecule has 0 saturated carbocycles. The molecule has 2 aliphatic rings. The van der Waals surface area contributed by atoms with Crippen molar-refractivity contribution in [2.45, 2.75) is 24.9 Å². The van der Waals surface area contributed by atoms with E-state index < -0.39 is 0 Å². The number of hydrogen-bond donors (Lipinski definition) is 1. The Labute approximate surface area is 107 Å². The van der Waals surface area contributed by atoms with Crippen LogP contribution in [0.15, 0.2) is 24.3 Å². The van der Waals surface area contributed by atoms with Crippen molar-refractivity contribution in [1.29, 1.82) is 0 Å². The lowest BCUT2D eigenvalue weighted by Crippen LogP contribution is -2.66. The van der Waals surface area contributed by atoms with Crippen LogP contribution in [0.1, 0.15) is 18.4 Å². The molecular weight excluding hydrogens is 228 g/mol. The van der Waals surface area contributed by atoms with Crippen molar-refractivity contribution in [2.24, 2.45) is 0 Å². The van der Waals surface area contributed by atoms with E-state index in [1.807, 2.05) is 12.1 Å². The minimum Gasteiger partial charge on any atom is -0.497 e. The number of nitrogens with zero attached hydrogens (tertiary/aromatic N) is 1. The number of benzene rings is 1. The van der Waals surface area contributed by atoms with Crippen LogP contribution in [0.5, 0.6) is 5.75 Å². The van der Waals surface area contributed by atoms with Crippen LogP contribution in [0, 0.1) is 0 Å². The summed E-state index contributed by atoms with van der Waals surface area (Å²) in [5.74, 6) is 1.10. The second-order valence-corrected chi connectivity index (χ2v) is 5.32. The topological polar surface area (TPSA) is 41.6 Å². The van der Waals surface area contributed by atoms with E-state index in [0.29, 0.717) is 6.42 Å². The molecular formula is C14H18N2O2. The van der Waals surface area contributed by atoms with E-state index in [0.717, 1.165) is 31.8 Å². The van der Waals surface area contributed by atoms with Crippen LogP contribution in [0.3, 0.4) is 0 Å². The third-order valence-corrected chi connectivity index (χ3v) is 3.85. The summed E-state index contributed by atoms with van der Waals surface area (Å²) in [6.45, 7) is 2.90. The molecule has 0 aliphatic carbocycles. The van der Waals surface area contributed by atoms with Crippen molar-refractivity contribution in [2.75, 3.05) is 20.2 Å². The quantitative estimate of drug-likeness (QED) is 0.870. The summed E-state index contributed by atoms with van der Waals surface area (Å²) in [7, 11) is 1.68. The summed E-state index contributed by atoms with van der Waals surface area (Å²) in [5, 5.41) is 3.10. The number of likely N-dealkylation sites (tertiary alicyclic amines) is 1. The maximum atomic E-state index is 11.2. The molecule has 1 aromatic rings. The summed E-state index contributed by atoms with van der Waals surface area (Å²) in [4.78, 5) is 13.6. The number of carbonyl (C=O) groups excluding carboxylic acids is 1. The molecule has 1 amide bonds. The van der Waals surface area contributed by atoms with Gasteiger partial charge in [0.25, 0.3) is 0 Å². The van der Waals surface area contributed by atoms with Crippen molar-refractivity contribution in [3.05, 3.63) is 29.8 Å². The van der Waals surface area contributed by atoms with Crippen molar-refractivity contribution in [3.8, 4) is 5.75 Å². The van der Waals surface area contributed by atoms with Crippen LogP contribution in [-0.2, 0) is 11.3 Å². The molecule has 0 atom stereocenters. The normalized spacial score (nSPS) is 21.7. The van der Waals surface area contributed by atoms with E-state index >= 15 is 0 Å². The fourth-order valence-electron chi connectivity index (χ4n) is 2.92. The van der Waals surface area contributed by atoms with Gasteiger partial charge in [0.05, 0.1) is 12.6 Å². The van der Waals surface area contributed by atoms with E-state index in [4.69, 9.17) is 4.74 Å². The molecule has 2 aliphatic heterocycles. The lowest BCUT2D eigenvalue weighted by molar-refractivity contribution is -0.120. The molecule has 2 heterocycles. The van der Waals surface area contributed by atoms with Crippen LogP contribution in [0.4, 0.5) is 0 Å². The maximum Gasteiger partial charge on any atom is 0.220 e. The molecule has 0 aromatic heterocycles. The van der Waals surface area contributed by atoms with Gasteiger partial charge in [-0.05, 0) is 24.1 Å². The first-order chi connectivity index (χ1) is 8.69. The fourth-order valence-corrected chi connectivity index (χ4v) is 2.92. The molecule has 96 valence electrons. The largest absolute Gasteiger partial charge is 0.497 e. The molecule has 1 spiro atoms. The number of amides is 1. The first-order valence-corrected chi connectivity index (χ1v) is 6.35. The summed E-state index contributed by atoms with van der Waals surface area (Å²) in [6.07, 6.45) is 1.68. The Kier molecular flexibility index (Phi) is 2.74. The molecule has 1 aromatic carbocycles. The predicted molar refractivity (Wildman–Crippen MR) is 68.4 cm³/mol. The Balaban J connectivity index is 1.54. The molecule has 4 heteroatoms. The van der Waals surface area contributed by atoms with Gasteiger partial charge in [-0.25, -0.2) is 0 Å². The number of carbonyl (C=O) groups is 1. The zero-order valence-electron chi connectivity index (χ0n) is 10.6. The van der Waals surface area contributed by atoms with Gasteiger partial charge in [0.2, 0.25) is 5.91 Å². The monoisotopic (exact) mass is 246 g/mol. The Morgan fingerprint density at radius 2 is 2.06 bits per heavy atom. The summed E-state index contributed by atoms with van der Waals surface area (Å²) in [6, 6.07) is 8.17. The highest BCUT2D eigenvalue weighted by Crippen LogP contribution is 2.31. The van der Waals surface area contributed by atoms with Crippen molar-refractivity contribution >= 4 is 5.91 Å². The molecule has 3 rings (SSSR count). The smallest absolute Gasteiger partial charge is 0.220 e. The Hall–Kier alpha value is -1.55. The zero-order chi connectivity index (χ0) is 12.6. The Bertz CT molecular complexity index is 449. The van der Waals surface area contributed by atoms with Crippen LogP contribution in [0.2, 0.25) is 0 Å². The molecule has 2 fully saturated rings. The summed E-state index contributed by atoms with van der Waals surface area (Å²) < 4.78 is 5.14. The van der Waals surface area contributed by atoms with Gasteiger partial charge in [-0.1, -0.05) is 12.1 Å². The van der Waals surface area contributed by atoms with Gasteiger partial charge in [0, 0.05) is 26.1 Å².